The number of hydrogen-bond donors (Lipinski definition) is 1. The third-order valence-electron chi connectivity index (χ3n) is 3.13. The van der Waals surface area contributed by atoms with Crippen LogP contribution < -0.4 is 0 Å². The Morgan fingerprint density at radius 2 is 1.81 bits per heavy atom. The van der Waals surface area contributed by atoms with Crippen LogP contribution in [0.15, 0.2) is 0 Å². The maximum atomic E-state index is 11.9. The van der Waals surface area contributed by atoms with Crippen molar-refractivity contribution in [1.82, 2.24) is 0 Å². The maximum absolute atomic E-state index is 11.9. The first-order valence-electron chi connectivity index (χ1n) is 6.63. The molecule has 0 aliphatic heterocycles. The molecule has 1 atom stereocenters. The van der Waals surface area contributed by atoms with Crippen LogP contribution in [0.25, 0.3) is 0 Å². The lowest BCUT2D eigenvalue weighted by Gasteiger charge is -2.30. The smallest absolute Gasteiger partial charge is 0.411 e. The zero-order valence-electron chi connectivity index (χ0n) is 12.3. The summed E-state index contributed by atoms with van der Waals surface area (Å²) in [5.41, 5.74) is -1.77. The molecule has 0 spiro atoms. The fourth-order valence-electron chi connectivity index (χ4n) is 1.97. The molecule has 0 amide bonds. The first-order valence-corrected chi connectivity index (χ1v) is 6.63. The molecule has 0 saturated heterocycles. The molecule has 0 aromatic heterocycles. The highest BCUT2D eigenvalue weighted by Crippen LogP contribution is 2.35. The molecule has 0 radical (unpaired) electrons. The van der Waals surface area contributed by atoms with E-state index in [1.54, 1.807) is 20.8 Å². The molecule has 0 rings (SSSR count). The zero-order valence-corrected chi connectivity index (χ0v) is 12.3. The third-order valence-corrected chi connectivity index (χ3v) is 3.13. The standard InChI is InChI=1S/C13H21F3O5/c1-4-21-11(19)12(9(2)3,10(17)18)6-5-7-20-8-13(14,15)16/h9H,4-8H2,1-3H3,(H,17,18). The van der Waals surface area contributed by atoms with Crippen LogP contribution in [0.5, 0.6) is 0 Å². The van der Waals surface area contributed by atoms with E-state index in [9.17, 15) is 27.9 Å². The lowest BCUT2D eigenvalue weighted by Crippen LogP contribution is -2.45. The molecule has 0 aromatic rings. The molecule has 1 unspecified atom stereocenters. The number of alkyl halides is 3. The monoisotopic (exact) mass is 314 g/mol. The molecule has 0 saturated carbocycles. The van der Waals surface area contributed by atoms with E-state index in [1.165, 1.54) is 0 Å². The zero-order chi connectivity index (χ0) is 16.7. The van der Waals surface area contributed by atoms with E-state index < -0.39 is 36.1 Å². The lowest BCUT2D eigenvalue weighted by molar-refractivity contribution is -0.179. The number of rotatable bonds is 9. The van der Waals surface area contributed by atoms with E-state index in [-0.39, 0.29) is 26.1 Å². The van der Waals surface area contributed by atoms with Gasteiger partial charge in [-0.1, -0.05) is 13.8 Å². The van der Waals surface area contributed by atoms with Crippen molar-refractivity contribution in [1.29, 1.82) is 0 Å². The van der Waals surface area contributed by atoms with Gasteiger partial charge in [0.15, 0.2) is 5.41 Å². The highest BCUT2D eigenvalue weighted by atomic mass is 19.4. The maximum Gasteiger partial charge on any atom is 0.411 e. The first kappa shape index (κ1) is 19.7. The van der Waals surface area contributed by atoms with Crippen molar-refractivity contribution in [3.63, 3.8) is 0 Å². The number of carbonyl (C=O) groups excluding carboxylic acids is 1. The summed E-state index contributed by atoms with van der Waals surface area (Å²) in [6.45, 7) is 3.03. The van der Waals surface area contributed by atoms with E-state index in [1.807, 2.05) is 0 Å². The summed E-state index contributed by atoms with van der Waals surface area (Å²) < 4.78 is 44.9. The van der Waals surface area contributed by atoms with Gasteiger partial charge in [-0.2, -0.15) is 13.2 Å². The van der Waals surface area contributed by atoms with Gasteiger partial charge in [-0.05, 0) is 25.7 Å². The van der Waals surface area contributed by atoms with Gasteiger partial charge in [-0.25, -0.2) is 0 Å². The van der Waals surface area contributed by atoms with Crippen molar-refractivity contribution in [2.75, 3.05) is 19.8 Å². The summed E-state index contributed by atoms with van der Waals surface area (Å²) in [6.07, 6.45) is -4.56. The van der Waals surface area contributed by atoms with Gasteiger partial charge in [-0.3, -0.25) is 9.59 Å². The van der Waals surface area contributed by atoms with Crippen LogP contribution in [0.3, 0.4) is 0 Å². The van der Waals surface area contributed by atoms with Gasteiger partial charge >= 0.3 is 18.1 Å². The molecule has 0 aliphatic carbocycles. The summed E-state index contributed by atoms with van der Waals surface area (Å²) in [4.78, 5) is 23.4. The van der Waals surface area contributed by atoms with Crippen LogP contribution in [0.4, 0.5) is 13.2 Å². The molecule has 0 bridgehead atoms. The number of carbonyl (C=O) groups is 2. The van der Waals surface area contributed by atoms with Crippen molar-refractivity contribution in [2.45, 2.75) is 39.8 Å². The molecular formula is C13H21F3O5. The molecule has 0 fully saturated rings. The summed E-state index contributed by atoms with van der Waals surface area (Å²) in [6, 6.07) is 0. The lowest BCUT2D eigenvalue weighted by atomic mass is 9.73. The largest absolute Gasteiger partial charge is 0.480 e. The second-order valence-electron chi connectivity index (χ2n) is 4.92. The van der Waals surface area contributed by atoms with E-state index in [4.69, 9.17) is 4.74 Å². The Morgan fingerprint density at radius 1 is 1.24 bits per heavy atom. The van der Waals surface area contributed by atoms with Gasteiger partial charge in [0.05, 0.1) is 6.61 Å². The predicted molar refractivity (Wildman–Crippen MR) is 67.6 cm³/mol. The molecule has 8 heteroatoms. The Hall–Kier alpha value is -1.31. The Kier molecular flexibility index (Phi) is 7.70. The summed E-state index contributed by atoms with van der Waals surface area (Å²) in [5.74, 6) is -2.77. The van der Waals surface area contributed by atoms with Gasteiger partial charge < -0.3 is 14.6 Å². The minimum Gasteiger partial charge on any atom is -0.480 e. The topological polar surface area (TPSA) is 72.8 Å². The SMILES string of the molecule is CCOC(=O)C(CCCOCC(F)(F)F)(C(=O)O)C(C)C. The average molecular weight is 314 g/mol. The van der Waals surface area contributed by atoms with Crippen LogP contribution >= 0.6 is 0 Å². The van der Waals surface area contributed by atoms with Gasteiger partial charge in [0, 0.05) is 6.61 Å². The number of carboxylic acid groups (broad SMARTS) is 1. The fraction of sp³-hybridized carbons (Fsp3) is 0.846. The van der Waals surface area contributed by atoms with E-state index >= 15 is 0 Å². The minimum atomic E-state index is -4.43. The normalized spacial score (nSPS) is 14.8. The molecule has 0 aliphatic rings. The van der Waals surface area contributed by atoms with Crippen molar-refractivity contribution >= 4 is 11.9 Å². The molecule has 0 aromatic carbocycles. The van der Waals surface area contributed by atoms with Crippen LogP contribution in [-0.2, 0) is 19.1 Å². The Balaban J connectivity index is 4.70. The Bertz CT molecular complexity index is 354. The molecule has 1 N–H and O–H groups in total. The number of halogens is 3. The van der Waals surface area contributed by atoms with E-state index in [2.05, 4.69) is 4.74 Å². The predicted octanol–water partition coefficient (Wildman–Crippen LogP) is 2.64. The Morgan fingerprint density at radius 3 is 2.19 bits per heavy atom. The summed E-state index contributed by atoms with van der Waals surface area (Å²) in [7, 11) is 0. The fourth-order valence-corrected chi connectivity index (χ4v) is 1.97. The van der Waals surface area contributed by atoms with E-state index in [0.717, 1.165) is 0 Å². The van der Waals surface area contributed by atoms with Gasteiger partial charge in [-0.15, -0.1) is 0 Å². The molecule has 124 valence electrons. The second kappa shape index (κ2) is 8.21. The van der Waals surface area contributed by atoms with Crippen LogP contribution in [0.2, 0.25) is 0 Å². The minimum absolute atomic E-state index is 0.0133. The second-order valence-corrected chi connectivity index (χ2v) is 4.92. The number of aliphatic carboxylic acids is 1. The molecule has 5 nitrogen and oxygen atoms in total. The molecular weight excluding hydrogens is 293 g/mol. The first-order chi connectivity index (χ1) is 9.58. The van der Waals surface area contributed by atoms with Crippen molar-refractivity contribution in [2.24, 2.45) is 11.3 Å². The quantitative estimate of drug-likeness (QED) is 0.402. The average Bonchev–Trinajstić information content (AvgIpc) is 2.31. The number of carboxylic acids is 1. The number of ether oxygens (including phenoxy) is 2. The molecule has 21 heavy (non-hydrogen) atoms. The van der Waals surface area contributed by atoms with Crippen molar-refractivity contribution in [3.05, 3.63) is 0 Å². The number of hydrogen-bond acceptors (Lipinski definition) is 4. The Labute approximate surface area is 121 Å². The van der Waals surface area contributed by atoms with Crippen molar-refractivity contribution in [3.8, 4) is 0 Å². The van der Waals surface area contributed by atoms with Gasteiger partial charge in [0.1, 0.15) is 6.61 Å². The summed E-state index contributed by atoms with van der Waals surface area (Å²) >= 11 is 0. The number of esters is 1. The van der Waals surface area contributed by atoms with Crippen molar-refractivity contribution < 1.29 is 37.3 Å². The van der Waals surface area contributed by atoms with Gasteiger partial charge in [0.2, 0.25) is 0 Å². The summed E-state index contributed by atoms with van der Waals surface area (Å²) in [5, 5.41) is 9.36. The van der Waals surface area contributed by atoms with Crippen LogP contribution in [-0.4, -0.2) is 43.0 Å². The highest BCUT2D eigenvalue weighted by molar-refractivity contribution is 5.99. The van der Waals surface area contributed by atoms with Gasteiger partial charge in [0.25, 0.3) is 0 Å². The van der Waals surface area contributed by atoms with E-state index in [0.29, 0.717) is 0 Å². The molecule has 0 heterocycles. The van der Waals surface area contributed by atoms with Crippen LogP contribution in [0, 0.1) is 11.3 Å². The van der Waals surface area contributed by atoms with Crippen LogP contribution in [0.1, 0.15) is 33.6 Å². The highest BCUT2D eigenvalue weighted by Gasteiger charge is 2.49. The third kappa shape index (κ3) is 5.91.